The van der Waals surface area contributed by atoms with Gasteiger partial charge in [-0.3, -0.25) is 9.38 Å². The standard InChI is InChI=1S/C15H23F2N3/c1-3-18-15(19-9-4-8-16)20-10-7-13-5-6-14(17)11-12(13)2/h5-6,11H,3-4,7-10H2,1-2H3,(H2,18,19,20). The molecule has 0 amide bonds. The van der Waals surface area contributed by atoms with E-state index in [0.29, 0.717) is 25.5 Å². The van der Waals surface area contributed by atoms with Crippen molar-refractivity contribution in [2.45, 2.75) is 26.7 Å². The fourth-order valence-electron chi connectivity index (χ4n) is 1.85. The summed E-state index contributed by atoms with van der Waals surface area (Å²) >= 11 is 0. The number of aliphatic imine (C=N–C) groups is 1. The lowest BCUT2D eigenvalue weighted by atomic mass is 10.1. The summed E-state index contributed by atoms with van der Waals surface area (Å²) < 4.78 is 25.0. The Hall–Kier alpha value is -1.65. The highest BCUT2D eigenvalue weighted by atomic mass is 19.1. The number of aryl methyl sites for hydroxylation is 1. The van der Waals surface area contributed by atoms with Gasteiger partial charge in [0.1, 0.15) is 5.82 Å². The van der Waals surface area contributed by atoms with E-state index in [9.17, 15) is 8.78 Å². The molecule has 0 saturated heterocycles. The minimum Gasteiger partial charge on any atom is -0.357 e. The number of nitrogens with zero attached hydrogens (tertiary/aromatic N) is 1. The molecule has 0 aliphatic carbocycles. The molecule has 0 atom stereocenters. The van der Waals surface area contributed by atoms with E-state index in [2.05, 4.69) is 15.6 Å². The lowest BCUT2D eigenvalue weighted by molar-refractivity contribution is 0.477. The first kappa shape index (κ1) is 16.4. The molecule has 0 saturated carbocycles. The Morgan fingerprint density at radius 2 is 2.10 bits per heavy atom. The maximum absolute atomic E-state index is 13.0. The molecule has 1 rings (SSSR count). The van der Waals surface area contributed by atoms with E-state index in [1.807, 2.05) is 13.8 Å². The molecule has 0 aliphatic rings. The summed E-state index contributed by atoms with van der Waals surface area (Å²) in [5.74, 6) is 0.487. The fraction of sp³-hybridized carbons (Fsp3) is 0.533. The van der Waals surface area contributed by atoms with E-state index in [1.54, 1.807) is 6.07 Å². The monoisotopic (exact) mass is 283 g/mol. The summed E-state index contributed by atoms with van der Waals surface area (Å²) in [6.07, 6.45) is 1.23. The van der Waals surface area contributed by atoms with Gasteiger partial charge in [0.15, 0.2) is 5.96 Å². The Morgan fingerprint density at radius 1 is 1.30 bits per heavy atom. The number of hydrogen-bond acceptors (Lipinski definition) is 1. The summed E-state index contributed by atoms with van der Waals surface area (Å²) in [6.45, 7) is 5.47. The Kier molecular flexibility index (Phi) is 7.62. The van der Waals surface area contributed by atoms with E-state index in [1.165, 1.54) is 12.1 Å². The second-order valence-corrected chi connectivity index (χ2v) is 4.55. The van der Waals surface area contributed by atoms with Crippen molar-refractivity contribution < 1.29 is 8.78 Å². The average molecular weight is 283 g/mol. The SMILES string of the molecule is CCNC(=NCCCF)NCCc1ccc(F)cc1C. The van der Waals surface area contributed by atoms with Crippen LogP contribution < -0.4 is 10.6 Å². The highest BCUT2D eigenvalue weighted by Gasteiger charge is 2.01. The summed E-state index contributed by atoms with van der Waals surface area (Å²) in [5, 5.41) is 6.30. The van der Waals surface area contributed by atoms with Gasteiger partial charge in [0.2, 0.25) is 0 Å². The number of guanidine groups is 1. The topological polar surface area (TPSA) is 36.4 Å². The Labute approximate surface area is 119 Å². The lowest BCUT2D eigenvalue weighted by Crippen LogP contribution is -2.38. The normalized spacial score (nSPS) is 11.5. The van der Waals surface area contributed by atoms with Crippen LogP contribution in [0.5, 0.6) is 0 Å². The maximum atomic E-state index is 13.0. The summed E-state index contributed by atoms with van der Waals surface area (Å²) in [4.78, 5) is 4.27. The number of rotatable bonds is 7. The zero-order chi connectivity index (χ0) is 14.8. The zero-order valence-corrected chi connectivity index (χ0v) is 12.2. The summed E-state index contributed by atoms with van der Waals surface area (Å²) in [6, 6.07) is 4.82. The van der Waals surface area contributed by atoms with Gasteiger partial charge in [-0.25, -0.2) is 4.39 Å². The largest absolute Gasteiger partial charge is 0.357 e. The van der Waals surface area contributed by atoms with Gasteiger partial charge in [0.25, 0.3) is 0 Å². The van der Waals surface area contributed by atoms with E-state index in [4.69, 9.17) is 0 Å². The van der Waals surface area contributed by atoms with Crippen LogP contribution >= 0.6 is 0 Å². The van der Waals surface area contributed by atoms with Gasteiger partial charge in [-0.15, -0.1) is 0 Å². The van der Waals surface area contributed by atoms with Crippen molar-refractivity contribution in [3.63, 3.8) is 0 Å². The average Bonchev–Trinajstić information content (AvgIpc) is 2.41. The van der Waals surface area contributed by atoms with Crippen LogP contribution in [0.4, 0.5) is 8.78 Å². The van der Waals surface area contributed by atoms with Crippen LogP contribution in [0.2, 0.25) is 0 Å². The number of nitrogens with one attached hydrogen (secondary N) is 2. The Bertz CT molecular complexity index is 433. The van der Waals surface area contributed by atoms with Crippen LogP contribution in [0, 0.1) is 12.7 Å². The molecule has 2 N–H and O–H groups in total. The molecular weight excluding hydrogens is 260 g/mol. The molecule has 1 aromatic carbocycles. The molecule has 0 aromatic heterocycles. The van der Waals surface area contributed by atoms with Crippen molar-refractivity contribution in [3.05, 3.63) is 35.1 Å². The lowest BCUT2D eigenvalue weighted by Gasteiger charge is -2.12. The van der Waals surface area contributed by atoms with Gasteiger partial charge in [-0.1, -0.05) is 6.07 Å². The highest BCUT2D eigenvalue weighted by molar-refractivity contribution is 5.79. The van der Waals surface area contributed by atoms with Crippen molar-refractivity contribution in [3.8, 4) is 0 Å². The first-order valence-electron chi connectivity index (χ1n) is 7.00. The summed E-state index contributed by atoms with van der Waals surface area (Å²) in [5.41, 5.74) is 2.06. The van der Waals surface area contributed by atoms with E-state index in [0.717, 1.165) is 24.1 Å². The van der Waals surface area contributed by atoms with Crippen LogP contribution in [0.1, 0.15) is 24.5 Å². The smallest absolute Gasteiger partial charge is 0.191 e. The molecule has 0 spiro atoms. The van der Waals surface area contributed by atoms with Gasteiger partial charge in [-0.05, 0) is 49.9 Å². The number of alkyl halides is 1. The second kappa shape index (κ2) is 9.28. The second-order valence-electron chi connectivity index (χ2n) is 4.55. The van der Waals surface area contributed by atoms with Gasteiger partial charge in [0, 0.05) is 19.6 Å². The molecule has 0 bridgehead atoms. The van der Waals surface area contributed by atoms with Crippen molar-refractivity contribution in [1.29, 1.82) is 0 Å². The zero-order valence-electron chi connectivity index (χ0n) is 12.2. The Morgan fingerprint density at radius 3 is 2.75 bits per heavy atom. The van der Waals surface area contributed by atoms with Crippen molar-refractivity contribution in [1.82, 2.24) is 10.6 Å². The third-order valence-corrected chi connectivity index (χ3v) is 2.90. The fourth-order valence-corrected chi connectivity index (χ4v) is 1.85. The molecule has 0 unspecified atom stereocenters. The molecule has 3 nitrogen and oxygen atoms in total. The quantitative estimate of drug-likeness (QED) is 0.458. The van der Waals surface area contributed by atoms with Crippen molar-refractivity contribution in [2.24, 2.45) is 4.99 Å². The molecule has 20 heavy (non-hydrogen) atoms. The molecule has 1 aromatic rings. The van der Waals surface area contributed by atoms with Crippen molar-refractivity contribution >= 4 is 5.96 Å². The number of halogens is 2. The predicted molar refractivity (Wildman–Crippen MR) is 79.4 cm³/mol. The van der Waals surface area contributed by atoms with Crippen LogP contribution in [-0.4, -0.2) is 32.3 Å². The minimum atomic E-state index is -0.350. The third-order valence-electron chi connectivity index (χ3n) is 2.90. The first-order chi connectivity index (χ1) is 9.67. The highest BCUT2D eigenvalue weighted by Crippen LogP contribution is 2.10. The molecule has 0 aliphatic heterocycles. The predicted octanol–water partition coefficient (Wildman–Crippen LogP) is 2.59. The maximum Gasteiger partial charge on any atom is 0.191 e. The van der Waals surface area contributed by atoms with E-state index < -0.39 is 0 Å². The van der Waals surface area contributed by atoms with Crippen LogP contribution in [0.3, 0.4) is 0 Å². The molecule has 5 heteroatoms. The van der Waals surface area contributed by atoms with Crippen LogP contribution in [0.25, 0.3) is 0 Å². The van der Waals surface area contributed by atoms with Gasteiger partial charge in [0.05, 0.1) is 6.67 Å². The molecule has 0 heterocycles. The minimum absolute atomic E-state index is 0.208. The molecular formula is C15H23F2N3. The number of hydrogen-bond donors (Lipinski definition) is 2. The molecule has 112 valence electrons. The van der Waals surface area contributed by atoms with Gasteiger partial charge >= 0.3 is 0 Å². The van der Waals surface area contributed by atoms with E-state index >= 15 is 0 Å². The first-order valence-corrected chi connectivity index (χ1v) is 7.00. The van der Waals surface area contributed by atoms with E-state index in [-0.39, 0.29) is 12.5 Å². The third kappa shape index (κ3) is 5.99. The van der Waals surface area contributed by atoms with Crippen LogP contribution in [-0.2, 0) is 6.42 Å². The van der Waals surface area contributed by atoms with Crippen molar-refractivity contribution in [2.75, 3.05) is 26.3 Å². The Balaban J connectivity index is 2.45. The van der Waals surface area contributed by atoms with Gasteiger partial charge < -0.3 is 10.6 Å². The number of benzene rings is 1. The molecule has 0 radical (unpaired) electrons. The van der Waals surface area contributed by atoms with Crippen LogP contribution in [0.15, 0.2) is 23.2 Å². The van der Waals surface area contributed by atoms with Gasteiger partial charge in [-0.2, -0.15) is 0 Å². The summed E-state index contributed by atoms with van der Waals surface area (Å²) in [7, 11) is 0. The molecule has 0 fully saturated rings.